The zero-order chi connectivity index (χ0) is 18.0. The van der Waals surface area contributed by atoms with Crippen molar-refractivity contribution in [2.75, 3.05) is 26.2 Å². The number of fused-ring (bicyclic) bond motifs is 1. The highest BCUT2D eigenvalue weighted by atomic mass is 16.2. The van der Waals surface area contributed by atoms with Crippen LogP contribution in [0.25, 0.3) is 10.9 Å². The van der Waals surface area contributed by atoms with Gasteiger partial charge in [0.25, 0.3) is 5.56 Å². The van der Waals surface area contributed by atoms with Crippen molar-refractivity contribution in [2.24, 2.45) is 0 Å². The number of pyridine rings is 1. The van der Waals surface area contributed by atoms with Crippen LogP contribution in [0.5, 0.6) is 0 Å². The molecular weight excluding hydrogens is 318 g/mol. The minimum atomic E-state index is -0.147. The zero-order valence-electron chi connectivity index (χ0n) is 14.7. The van der Waals surface area contributed by atoms with Crippen LogP contribution in [0, 0.1) is 0 Å². The van der Waals surface area contributed by atoms with Crippen LogP contribution in [0.15, 0.2) is 35.1 Å². The van der Waals surface area contributed by atoms with E-state index in [2.05, 4.69) is 0 Å². The number of piperazine rings is 1. The molecule has 6 nitrogen and oxygen atoms in total. The van der Waals surface area contributed by atoms with Crippen LogP contribution in [-0.4, -0.2) is 52.4 Å². The van der Waals surface area contributed by atoms with Crippen LogP contribution in [0.3, 0.4) is 0 Å². The number of nitrogens with zero attached hydrogens (tertiary/aromatic N) is 3. The third kappa shape index (κ3) is 3.43. The molecule has 0 radical (unpaired) electrons. The molecule has 2 aromatic rings. The molecule has 1 aromatic heterocycles. The maximum absolute atomic E-state index is 12.7. The monoisotopic (exact) mass is 341 g/mol. The van der Waals surface area contributed by atoms with Crippen molar-refractivity contribution in [3.63, 3.8) is 0 Å². The molecule has 0 saturated carbocycles. The molecule has 25 heavy (non-hydrogen) atoms. The molecule has 1 fully saturated rings. The number of aryl methyl sites for hydroxylation is 1. The summed E-state index contributed by atoms with van der Waals surface area (Å²) in [6.45, 7) is 5.71. The lowest BCUT2D eigenvalue weighted by molar-refractivity contribution is -0.138. The van der Waals surface area contributed by atoms with Crippen LogP contribution >= 0.6 is 0 Å². The van der Waals surface area contributed by atoms with Gasteiger partial charge in [-0.15, -0.1) is 0 Å². The van der Waals surface area contributed by atoms with Crippen molar-refractivity contribution >= 4 is 22.7 Å². The van der Waals surface area contributed by atoms with Gasteiger partial charge in [0.15, 0.2) is 0 Å². The number of benzene rings is 1. The van der Waals surface area contributed by atoms with Crippen molar-refractivity contribution in [2.45, 2.75) is 26.8 Å². The standard InChI is InChI=1S/C19H23N3O3/c1-3-15-12-18(24)22(17-7-5-4-6-16(15)17)13-19(25)21-10-8-20(9-11-21)14(2)23/h4-7,12H,3,8-11,13H2,1-2H3. The average molecular weight is 341 g/mol. The number of hydrogen-bond acceptors (Lipinski definition) is 3. The second kappa shape index (κ2) is 7.09. The van der Waals surface area contributed by atoms with E-state index in [1.807, 2.05) is 31.2 Å². The Kier molecular flexibility index (Phi) is 4.88. The molecule has 0 spiro atoms. The Morgan fingerprint density at radius 3 is 2.32 bits per heavy atom. The molecule has 1 aromatic carbocycles. The highest BCUT2D eigenvalue weighted by Crippen LogP contribution is 2.17. The number of amides is 2. The van der Waals surface area contributed by atoms with E-state index in [-0.39, 0.29) is 23.9 Å². The molecule has 1 aliphatic rings. The van der Waals surface area contributed by atoms with Gasteiger partial charge in [0.05, 0.1) is 5.52 Å². The Morgan fingerprint density at radius 1 is 1.04 bits per heavy atom. The van der Waals surface area contributed by atoms with E-state index in [1.165, 1.54) is 0 Å². The molecule has 2 heterocycles. The van der Waals surface area contributed by atoms with Crippen molar-refractivity contribution in [1.82, 2.24) is 14.4 Å². The normalized spacial score (nSPS) is 14.8. The number of para-hydroxylation sites is 1. The van der Waals surface area contributed by atoms with Crippen molar-refractivity contribution in [3.05, 3.63) is 46.2 Å². The van der Waals surface area contributed by atoms with E-state index in [0.717, 1.165) is 22.9 Å². The van der Waals surface area contributed by atoms with Gasteiger partial charge in [-0.3, -0.25) is 19.0 Å². The van der Waals surface area contributed by atoms with Gasteiger partial charge in [-0.1, -0.05) is 25.1 Å². The van der Waals surface area contributed by atoms with E-state index < -0.39 is 0 Å². The summed E-state index contributed by atoms with van der Waals surface area (Å²) in [5, 5.41) is 1.01. The summed E-state index contributed by atoms with van der Waals surface area (Å²) >= 11 is 0. The van der Waals surface area contributed by atoms with Crippen LogP contribution in [0.1, 0.15) is 19.4 Å². The number of hydrogen-bond donors (Lipinski definition) is 0. The smallest absolute Gasteiger partial charge is 0.251 e. The van der Waals surface area contributed by atoms with Gasteiger partial charge in [-0.2, -0.15) is 0 Å². The Morgan fingerprint density at radius 2 is 1.68 bits per heavy atom. The van der Waals surface area contributed by atoms with Gasteiger partial charge >= 0.3 is 0 Å². The summed E-state index contributed by atoms with van der Waals surface area (Å²) in [5.74, 6) is -0.0517. The predicted octanol–water partition coefficient (Wildman–Crippen LogP) is 1.25. The SMILES string of the molecule is CCc1cc(=O)n(CC(=O)N2CCN(C(C)=O)CC2)c2ccccc12. The maximum Gasteiger partial charge on any atom is 0.251 e. The number of rotatable bonds is 3. The number of carbonyl (C=O) groups is 2. The summed E-state index contributed by atoms with van der Waals surface area (Å²) in [7, 11) is 0. The molecule has 1 aliphatic heterocycles. The van der Waals surface area contributed by atoms with Gasteiger partial charge in [0.2, 0.25) is 11.8 Å². The molecule has 2 amide bonds. The Bertz CT molecular complexity index is 864. The largest absolute Gasteiger partial charge is 0.339 e. The number of carbonyl (C=O) groups excluding carboxylic acids is 2. The highest BCUT2D eigenvalue weighted by molar-refractivity contribution is 5.85. The molecule has 0 atom stereocenters. The minimum absolute atomic E-state index is 0.0312. The summed E-state index contributed by atoms with van der Waals surface area (Å²) in [6.07, 6.45) is 0.775. The fourth-order valence-electron chi connectivity index (χ4n) is 3.37. The molecular formula is C19H23N3O3. The second-order valence-electron chi connectivity index (χ2n) is 6.35. The molecule has 132 valence electrons. The van der Waals surface area contributed by atoms with Crippen molar-refractivity contribution in [1.29, 1.82) is 0 Å². The third-order valence-electron chi connectivity index (χ3n) is 4.86. The summed E-state index contributed by atoms with van der Waals surface area (Å²) in [5.41, 5.74) is 1.65. The van der Waals surface area contributed by atoms with Crippen LogP contribution in [0.2, 0.25) is 0 Å². The number of aromatic nitrogens is 1. The first-order chi connectivity index (χ1) is 12.0. The summed E-state index contributed by atoms with van der Waals surface area (Å²) in [6, 6.07) is 9.33. The lowest BCUT2D eigenvalue weighted by Gasteiger charge is -2.34. The lowest BCUT2D eigenvalue weighted by atomic mass is 10.1. The van der Waals surface area contributed by atoms with Gasteiger partial charge < -0.3 is 9.80 Å². The van der Waals surface area contributed by atoms with Gasteiger partial charge in [0.1, 0.15) is 6.54 Å². The van der Waals surface area contributed by atoms with Crippen LogP contribution in [0.4, 0.5) is 0 Å². The summed E-state index contributed by atoms with van der Waals surface area (Å²) in [4.78, 5) is 40.0. The van der Waals surface area contributed by atoms with E-state index in [1.54, 1.807) is 27.4 Å². The van der Waals surface area contributed by atoms with E-state index in [4.69, 9.17) is 0 Å². The Labute approximate surface area is 146 Å². The minimum Gasteiger partial charge on any atom is -0.339 e. The van der Waals surface area contributed by atoms with Gasteiger partial charge in [-0.05, 0) is 18.1 Å². The molecule has 0 bridgehead atoms. The Balaban J connectivity index is 1.84. The average Bonchev–Trinajstić information content (AvgIpc) is 2.63. The molecule has 6 heteroatoms. The molecule has 0 aliphatic carbocycles. The Hall–Kier alpha value is -2.63. The fraction of sp³-hybridized carbons (Fsp3) is 0.421. The van der Waals surface area contributed by atoms with Gasteiger partial charge in [-0.25, -0.2) is 0 Å². The van der Waals surface area contributed by atoms with Crippen molar-refractivity contribution in [3.8, 4) is 0 Å². The van der Waals surface area contributed by atoms with E-state index >= 15 is 0 Å². The quantitative estimate of drug-likeness (QED) is 0.844. The van der Waals surface area contributed by atoms with Crippen LogP contribution in [-0.2, 0) is 22.6 Å². The van der Waals surface area contributed by atoms with E-state index in [0.29, 0.717) is 26.2 Å². The first kappa shape index (κ1) is 17.2. The first-order valence-electron chi connectivity index (χ1n) is 8.66. The van der Waals surface area contributed by atoms with Gasteiger partial charge in [0, 0.05) is 44.6 Å². The predicted molar refractivity (Wildman–Crippen MR) is 96.4 cm³/mol. The fourth-order valence-corrected chi connectivity index (χ4v) is 3.37. The lowest BCUT2D eigenvalue weighted by Crippen LogP contribution is -2.51. The topological polar surface area (TPSA) is 62.6 Å². The maximum atomic E-state index is 12.7. The molecule has 1 saturated heterocycles. The van der Waals surface area contributed by atoms with E-state index in [9.17, 15) is 14.4 Å². The summed E-state index contributed by atoms with van der Waals surface area (Å²) < 4.78 is 1.55. The van der Waals surface area contributed by atoms with Crippen LogP contribution < -0.4 is 5.56 Å². The molecule has 0 unspecified atom stereocenters. The first-order valence-corrected chi connectivity index (χ1v) is 8.66. The zero-order valence-corrected chi connectivity index (χ0v) is 14.7. The third-order valence-corrected chi connectivity index (χ3v) is 4.86. The second-order valence-corrected chi connectivity index (χ2v) is 6.35. The molecule has 0 N–H and O–H groups in total. The highest BCUT2D eigenvalue weighted by Gasteiger charge is 2.23. The molecule has 3 rings (SSSR count). The van der Waals surface area contributed by atoms with Crippen molar-refractivity contribution < 1.29 is 9.59 Å².